The number of nitrogens with zero attached hydrogens (tertiary/aromatic N) is 1. The Hall–Kier alpha value is -3.63. The molecule has 0 saturated carbocycles. The second-order valence-electron chi connectivity index (χ2n) is 6.99. The molecule has 0 radical (unpaired) electrons. The third-order valence-corrected chi connectivity index (χ3v) is 6.10. The molecule has 188 valence electrons. The van der Waals surface area contributed by atoms with Crippen molar-refractivity contribution in [2.75, 3.05) is 20.3 Å². The normalized spacial score (nSPS) is 11.5. The zero-order valence-corrected chi connectivity index (χ0v) is 20.1. The number of hydrogen-bond donors (Lipinski definition) is 3. The summed E-state index contributed by atoms with van der Waals surface area (Å²) >= 11 is 0. The van der Waals surface area contributed by atoms with Crippen LogP contribution in [0.3, 0.4) is 0 Å². The number of hydrogen-bond acceptors (Lipinski definition) is 9. The van der Waals surface area contributed by atoms with Crippen molar-refractivity contribution in [3.63, 3.8) is 0 Å². The van der Waals surface area contributed by atoms with Crippen LogP contribution in [0.2, 0.25) is 0 Å². The molecule has 0 heterocycles. The molecule has 2 aromatic carbocycles. The highest BCUT2D eigenvalue weighted by Gasteiger charge is 2.21. The number of sulfonamides is 1. The molecule has 2 aromatic rings. The Morgan fingerprint density at radius 1 is 1.11 bits per heavy atom. The van der Waals surface area contributed by atoms with Gasteiger partial charge in [-0.2, -0.15) is 0 Å². The summed E-state index contributed by atoms with van der Waals surface area (Å²) in [5.74, 6) is 6.68. The molecule has 0 aliphatic carbocycles. The summed E-state index contributed by atoms with van der Waals surface area (Å²) < 4.78 is 43.0. The maximum absolute atomic E-state index is 12.6. The SMILES string of the molecule is CC#CCOc1ccc(S(=O)(=O)N[C@@H](C=O)CCCN(NO)C(=O)Oc2ccc(OC)cc2)cc1. The smallest absolute Gasteiger partial charge is 0.431 e. The van der Waals surface area contributed by atoms with Crippen molar-refractivity contribution in [1.29, 1.82) is 0 Å². The predicted molar refractivity (Wildman–Crippen MR) is 125 cm³/mol. The van der Waals surface area contributed by atoms with Crippen molar-refractivity contribution >= 4 is 22.4 Å². The van der Waals surface area contributed by atoms with Crippen molar-refractivity contribution in [3.05, 3.63) is 48.5 Å². The first-order valence-electron chi connectivity index (χ1n) is 10.5. The van der Waals surface area contributed by atoms with E-state index in [-0.39, 0.29) is 36.6 Å². The van der Waals surface area contributed by atoms with Crippen LogP contribution >= 0.6 is 0 Å². The van der Waals surface area contributed by atoms with E-state index in [0.717, 1.165) is 5.01 Å². The molecule has 35 heavy (non-hydrogen) atoms. The molecule has 11 nitrogen and oxygen atoms in total. The number of methoxy groups -OCH3 is 1. The van der Waals surface area contributed by atoms with E-state index in [1.165, 1.54) is 43.5 Å². The van der Waals surface area contributed by atoms with Crippen LogP contribution in [0.25, 0.3) is 0 Å². The highest BCUT2D eigenvalue weighted by atomic mass is 32.2. The fourth-order valence-electron chi connectivity index (χ4n) is 2.78. The van der Waals surface area contributed by atoms with E-state index in [2.05, 4.69) is 16.6 Å². The van der Waals surface area contributed by atoms with Crippen molar-refractivity contribution in [2.24, 2.45) is 0 Å². The predicted octanol–water partition coefficient (Wildman–Crippen LogP) is 2.12. The summed E-state index contributed by atoms with van der Waals surface area (Å²) in [6.07, 6.45) is -0.200. The molecule has 1 amide bonds. The maximum Gasteiger partial charge on any atom is 0.431 e. The van der Waals surface area contributed by atoms with Gasteiger partial charge in [-0.25, -0.2) is 22.9 Å². The van der Waals surface area contributed by atoms with Crippen molar-refractivity contribution in [3.8, 4) is 29.1 Å². The lowest BCUT2D eigenvalue weighted by Crippen LogP contribution is -2.44. The van der Waals surface area contributed by atoms with Crippen LogP contribution in [0.15, 0.2) is 53.4 Å². The first-order valence-corrected chi connectivity index (χ1v) is 11.9. The van der Waals surface area contributed by atoms with Crippen LogP contribution in [0.5, 0.6) is 17.2 Å². The number of carbonyl (C=O) groups is 2. The average molecular weight is 506 g/mol. The van der Waals surface area contributed by atoms with E-state index in [1.807, 2.05) is 0 Å². The van der Waals surface area contributed by atoms with Gasteiger partial charge in [0.25, 0.3) is 0 Å². The molecule has 0 aliphatic heterocycles. The Bertz CT molecular complexity index is 1130. The van der Waals surface area contributed by atoms with Gasteiger partial charge in [-0.15, -0.1) is 11.5 Å². The molecule has 12 heteroatoms. The molecular formula is C23H27N3O8S. The van der Waals surface area contributed by atoms with Crippen LogP contribution < -0.4 is 24.5 Å². The minimum Gasteiger partial charge on any atom is -0.497 e. The lowest BCUT2D eigenvalue weighted by molar-refractivity contribution is -0.109. The molecule has 2 rings (SSSR count). The summed E-state index contributed by atoms with van der Waals surface area (Å²) in [5, 5.41) is 10.0. The zero-order chi connectivity index (χ0) is 25.7. The molecule has 1 atom stereocenters. The van der Waals surface area contributed by atoms with Crippen LogP contribution in [-0.2, 0) is 14.8 Å². The number of amides is 1. The van der Waals surface area contributed by atoms with Crippen molar-refractivity contribution in [2.45, 2.75) is 30.7 Å². The Morgan fingerprint density at radius 3 is 2.31 bits per heavy atom. The lowest BCUT2D eigenvalue weighted by Gasteiger charge is -2.20. The standard InChI is InChI=1S/C23H27N3O8S/c1-3-4-16-33-20-11-13-22(14-12-20)35(30,31)24-18(17-27)6-5-15-26(25-29)23(28)34-21-9-7-19(32-2)8-10-21/h7-14,17-18,24-25,29H,5-6,15-16H2,1-2H3/t18-/m1/s1. The number of carbonyl (C=O) groups excluding carboxylic acids is 2. The summed E-state index contributed by atoms with van der Waals surface area (Å²) in [7, 11) is -2.48. The minimum atomic E-state index is -3.98. The zero-order valence-electron chi connectivity index (χ0n) is 19.3. The van der Waals surface area contributed by atoms with Crippen LogP contribution in [0.4, 0.5) is 4.79 Å². The lowest BCUT2D eigenvalue weighted by atomic mass is 10.2. The van der Waals surface area contributed by atoms with E-state index >= 15 is 0 Å². The topological polar surface area (TPSA) is 143 Å². The fraction of sp³-hybridized carbons (Fsp3) is 0.304. The van der Waals surface area contributed by atoms with E-state index in [0.29, 0.717) is 17.8 Å². The quantitative estimate of drug-likeness (QED) is 0.212. The second kappa shape index (κ2) is 13.9. The van der Waals surface area contributed by atoms with E-state index < -0.39 is 22.2 Å². The largest absolute Gasteiger partial charge is 0.497 e. The number of ether oxygens (including phenoxy) is 3. The Morgan fingerprint density at radius 2 is 1.74 bits per heavy atom. The van der Waals surface area contributed by atoms with Crippen LogP contribution in [0, 0.1) is 11.8 Å². The molecule has 0 spiro atoms. The highest BCUT2D eigenvalue weighted by Crippen LogP contribution is 2.18. The first-order chi connectivity index (χ1) is 16.8. The third kappa shape index (κ3) is 8.91. The van der Waals surface area contributed by atoms with Gasteiger partial charge in [0, 0.05) is 6.54 Å². The monoisotopic (exact) mass is 505 g/mol. The number of hydrazine groups is 1. The van der Waals surface area contributed by atoms with Gasteiger partial charge in [0.15, 0.2) is 0 Å². The second-order valence-corrected chi connectivity index (χ2v) is 8.70. The van der Waals surface area contributed by atoms with E-state index in [1.54, 1.807) is 24.6 Å². The molecule has 0 unspecified atom stereocenters. The Balaban J connectivity index is 1.88. The van der Waals surface area contributed by atoms with Gasteiger partial charge in [0.1, 0.15) is 30.1 Å². The van der Waals surface area contributed by atoms with E-state index in [9.17, 15) is 23.2 Å². The maximum atomic E-state index is 12.6. The minimum absolute atomic E-state index is 0.0417. The van der Waals surface area contributed by atoms with Gasteiger partial charge in [-0.3, -0.25) is 5.21 Å². The molecular weight excluding hydrogens is 478 g/mol. The van der Waals surface area contributed by atoms with Gasteiger partial charge in [-0.1, -0.05) is 5.92 Å². The van der Waals surface area contributed by atoms with Crippen molar-refractivity contribution < 1.29 is 37.4 Å². The van der Waals surface area contributed by atoms with Crippen LogP contribution in [0.1, 0.15) is 19.8 Å². The average Bonchev–Trinajstić information content (AvgIpc) is 2.86. The van der Waals surface area contributed by atoms with Gasteiger partial charge in [-0.05, 0) is 68.3 Å². The highest BCUT2D eigenvalue weighted by molar-refractivity contribution is 7.89. The fourth-order valence-corrected chi connectivity index (χ4v) is 3.98. The van der Waals surface area contributed by atoms with Crippen molar-refractivity contribution in [1.82, 2.24) is 15.3 Å². The molecule has 3 N–H and O–H groups in total. The number of rotatable bonds is 13. The van der Waals surface area contributed by atoms with Gasteiger partial charge in [0.05, 0.1) is 18.0 Å². The summed E-state index contributed by atoms with van der Waals surface area (Å²) in [5.41, 5.74) is 1.72. The molecule has 0 bridgehead atoms. The molecule has 0 aliphatic rings. The molecule has 0 saturated heterocycles. The third-order valence-electron chi connectivity index (χ3n) is 4.60. The molecule has 0 fully saturated rings. The Labute approximate surface area is 204 Å². The van der Waals surface area contributed by atoms with Gasteiger partial charge in [0.2, 0.25) is 10.0 Å². The number of aldehydes is 1. The Kier molecular flexibility index (Phi) is 11.0. The van der Waals surface area contributed by atoms with E-state index in [4.69, 9.17) is 14.2 Å². The van der Waals surface area contributed by atoms with Crippen LogP contribution in [-0.4, -0.2) is 57.3 Å². The summed E-state index contributed by atoms with van der Waals surface area (Å²) in [6, 6.07) is 10.9. The summed E-state index contributed by atoms with van der Waals surface area (Å²) in [6.45, 7) is 1.80. The van der Waals surface area contributed by atoms with Gasteiger partial charge >= 0.3 is 6.09 Å². The summed E-state index contributed by atoms with van der Waals surface area (Å²) in [4.78, 5) is 23.6. The number of benzene rings is 2. The molecule has 0 aromatic heterocycles. The van der Waals surface area contributed by atoms with Gasteiger partial charge < -0.3 is 19.0 Å². The first kappa shape index (κ1) is 27.6. The number of nitrogens with one attached hydrogen (secondary N) is 2.